The van der Waals surface area contributed by atoms with Crippen LogP contribution in [0.4, 0.5) is 8.78 Å². The van der Waals surface area contributed by atoms with E-state index in [2.05, 4.69) is 34.5 Å². The summed E-state index contributed by atoms with van der Waals surface area (Å²) in [5.41, 5.74) is 2.55. The minimum absolute atomic E-state index is 0. The van der Waals surface area contributed by atoms with Crippen molar-refractivity contribution in [3.63, 3.8) is 0 Å². The van der Waals surface area contributed by atoms with Crippen LogP contribution < -0.4 is 0 Å². The fourth-order valence-corrected chi connectivity index (χ4v) is 2.19. The molecule has 21 heavy (non-hydrogen) atoms. The van der Waals surface area contributed by atoms with E-state index < -0.39 is 13.0 Å². The first-order chi connectivity index (χ1) is 9.52. The van der Waals surface area contributed by atoms with Crippen molar-refractivity contribution in [3.05, 3.63) is 64.3 Å². The van der Waals surface area contributed by atoms with Crippen molar-refractivity contribution < 1.29 is 41.5 Å². The van der Waals surface area contributed by atoms with E-state index in [4.69, 9.17) is 6.42 Å². The number of allylic oxidation sites excluding steroid dienone is 3. The van der Waals surface area contributed by atoms with Crippen LogP contribution in [-0.2, 0) is 32.7 Å². The van der Waals surface area contributed by atoms with Crippen LogP contribution in [0.1, 0.15) is 11.1 Å². The van der Waals surface area contributed by atoms with E-state index in [0.717, 1.165) is 11.1 Å². The number of rotatable bonds is 3. The van der Waals surface area contributed by atoms with Gasteiger partial charge in [0.15, 0.2) is 0 Å². The van der Waals surface area contributed by atoms with Gasteiger partial charge in [0.25, 0.3) is 6.43 Å². The van der Waals surface area contributed by atoms with E-state index in [1.54, 1.807) is 30.3 Å². The topological polar surface area (TPSA) is 3.24 Å². The number of benzene rings is 1. The SMILES string of the molecule is C#Cc1ccc(C2=[C-]C=C(Br)C(=C)N2CC(F)F)cc1.[Y]. The molecule has 0 atom stereocenters. The third-order valence-corrected chi connectivity index (χ3v) is 3.54. The molecule has 1 radical (unpaired) electrons. The van der Waals surface area contributed by atoms with Crippen LogP contribution in [0.15, 0.2) is 47.1 Å². The van der Waals surface area contributed by atoms with E-state index >= 15 is 0 Å². The molecule has 0 fully saturated rings. The van der Waals surface area contributed by atoms with Crippen LogP contribution in [0.2, 0.25) is 0 Å². The molecule has 1 aromatic carbocycles. The van der Waals surface area contributed by atoms with Crippen molar-refractivity contribution in [3.8, 4) is 12.3 Å². The van der Waals surface area contributed by atoms with Crippen LogP contribution in [0.5, 0.6) is 0 Å². The normalized spacial score (nSPS) is 14.2. The maximum absolute atomic E-state index is 12.7. The number of hydrogen-bond donors (Lipinski definition) is 0. The van der Waals surface area contributed by atoms with Gasteiger partial charge in [-0.15, -0.1) is 34.5 Å². The first kappa shape index (κ1) is 18.3. The first-order valence-corrected chi connectivity index (χ1v) is 6.63. The largest absolute Gasteiger partial charge is 0.369 e. The van der Waals surface area contributed by atoms with E-state index in [1.807, 2.05) is 0 Å². The molecule has 0 aromatic heterocycles. The number of halogens is 3. The summed E-state index contributed by atoms with van der Waals surface area (Å²) in [6, 6.07) is 7.11. The minimum Gasteiger partial charge on any atom is -0.369 e. The van der Waals surface area contributed by atoms with Crippen molar-refractivity contribution in [2.24, 2.45) is 0 Å². The molecule has 1 heterocycles. The summed E-state index contributed by atoms with van der Waals surface area (Å²) in [5, 5.41) is 0. The van der Waals surface area contributed by atoms with Crippen molar-refractivity contribution in [2.75, 3.05) is 6.54 Å². The predicted octanol–water partition coefficient (Wildman–Crippen LogP) is 4.18. The van der Waals surface area contributed by atoms with Crippen LogP contribution in [0.3, 0.4) is 0 Å². The van der Waals surface area contributed by atoms with E-state index in [9.17, 15) is 8.78 Å². The van der Waals surface area contributed by atoms with Gasteiger partial charge >= 0.3 is 0 Å². The van der Waals surface area contributed by atoms with Gasteiger partial charge in [0.2, 0.25) is 0 Å². The molecule has 1 aliphatic heterocycles. The second-order valence-corrected chi connectivity index (χ2v) is 5.01. The molecular weight excluding hydrogens is 413 g/mol. The van der Waals surface area contributed by atoms with Crippen molar-refractivity contribution in [1.82, 2.24) is 4.90 Å². The van der Waals surface area contributed by atoms with E-state index in [1.165, 1.54) is 4.90 Å². The zero-order valence-electron chi connectivity index (χ0n) is 11.1. The van der Waals surface area contributed by atoms with E-state index in [-0.39, 0.29) is 32.7 Å². The molecule has 105 valence electrons. The molecule has 5 heteroatoms. The fraction of sp³-hybridized carbons (Fsp3) is 0.125. The van der Waals surface area contributed by atoms with Gasteiger partial charge in [-0.05, 0) is 5.70 Å². The first-order valence-electron chi connectivity index (χ1n) is 5.84. The summed E-state index contributed by atoms with van der Waals surface area (Å²) >= 11 is 3.28. The molecule has 2 rings (SSSR count). The summed E-state index contributed by atoms with van der Waals surface area (Å²) in [6.07, 6.45) is 7.51. The second-order valence-electron chi connectivity index (χ2n) is 4.16. The molecule has 0 aliphatic carbocycles. The van der Waals surface area contributed by atoms with Crippen molar-refractivity contribution in [2.45, 2.75) is 6.43 Å². The molecule has 0 bridgehead atoms. The van der Waals surface area contributed by atoms with Gasteiger partial charge in [-0.1, -0.05) is 40.4 Å². The Morgan fingerprint density at radius 3 is 2.48 bits per heavy atom. The molecule has 0 spiro atoms. The van der Waals surface area contributed by atoms with Crippen LogP contribution in [0, 0.1) is 18.4 Å². The quantitative estimate of drug-likeness (QED) is 0.520. The Morgan fingerprint density at radius 1 is 1.33 bits per heavy atom. The molecule has 1 nitrogen and oxygen atoms in total. The number of nitrogens with zero attached hydrogens (tertiary/aromatic N) is 1. The molecular formula is C16H11BrF2NY-. The smallest absolute Gasteiger partial charge is 0.256 e. The van der Waals surface area contributed by atoms with Gasteiger partial charge in [-0.2, -0.15) is 12.2 Å². The summed E-state index contributed by atoms with van der Waals surface area (Å²) in [4.78, 5) is 1.44. The third-order valence-electron chi connectivity index (χ3n) is 2.85. The molecule has 0 amide bonds. The monoisotopic (exact) mass is 423 g/mol. The molecule has 1 aromatic rings. The Hall–Kier alpha value is -0.756. The Kier molecular flexibility index (Phi) is 6.99. The average molecular weight is 424 g/mol. The Balaban J connectivity index is 0.00000220. The summed E-state index contributed by atoms with van der Waals surface area (Å²) in [7, 11) is 0. The maximum Gasteiger partial charge on any atom is 0.256 e. The van der Waals surface area contributed by atoms with Gasteiger partial charge in [0, 0.05) is 38.3 Å². The maximum atomic E-state index is 12.7. The zero-order chi connectivity index (χ0) is 14.7. The number of alkyl halides is 2. The van der Waals surface area contributed by atoms with Crippen LogP contribution in [-0.4, -0.2) is 17.9 Å². The van der Waals surface area contributed by atoms with Gasteiger partial charge < -0.3 is 4.90 Å². The zero-order valence-corrected chi connectivity index (χ0v) is 15.5. The Labute approximate surface area is 156 Å². The van der Waals surface area contributed by atoms with E-state index in [0.29, 0.717) is 15.9 Å². The summed E-state index contributed by atoms with van der Waals surface area (Å²) in [5.74, 6) is 2.52. The molecule has 1 aliphatic rings. The summed E-state index contributed by atoms with van der Waals surface area (Å²) in [6.45, 7) is 3.39. The number of terminal acetylenes is 1. The number of hydrogen-bond acceptors (Lipinski definition) is 1. The fourth-order valence-electron chi connectivity index (χ4n) is 1.86. The van der Waals surface area contributed by atoms with Crippen molar-refractivity contribution >= 4 is 21.6 Å². The second kappa shape index (κ2) is 8.03. The van der Waals surface area contributed by atoms with Gasteiger partial charge in [-0.3, -0.25) is 0 Å². The summed E-state index contributed by atoms with van der Waals surface area (Å²) < 4.78 is 26.1. The molecule has 0 N–H and O–H groups in total. The van der Waals surface area contributed by atoms with Crippen LogP contribution >= 0.6 is 15.9 Å². The van der Waals surface area contributed by atoms with Gasteiger partial charge in [-0.25, -0.2) is 8.78 Å². The van der Waals surface area contributed by atoms with Crippen molar-refractivity contribution in [1.29, 1.82) is 0 Å². The third kappa shape index (κ3) is 4.36. The Morgan fingerprint density at radius 2 is 1.95 bits per heavy atom. The van der Waals surface area contributed by atoms with Crippen LogP contribution in [0.25, 0.3) is 5.70 Å². The standard InChI is InChI=1S/C16H11BrF2N.Y/c1-3-12-4-6-13(7-5-12)15-9-8-14(17)11(2)20(15)10-16(18)19;/h1,4-8,16H,2,10H2;/q-1;. The molecule has 0 unspecified atom stereocenters. The predicted molar refractivity (Wildman–Crippen MR) is 79.9 cm³/mol. The van der Waals surface area contributed by atoms with Gasteiger partial charge in [0.05, 0.1) is 6.54 Å². The minimum atomic E-state index is -2.47. The molecule has 0 saturated carbocycles. The molecule has 0 saturated heterocycles. The Bertz CT molecular complexity index is 627. The average Bonchev–Trinajstić information content (AvgIpc) is 2.44. The van der Waals surface area contributed by atoms with Gasteiger partial charge in [0.1, 0.15) is 0 Å².